The highest BCUT2D eigenvalue weighted by Crippen LogP contribution is 2.24. The Balaban J connectivity index is 1.82. The van der Waals surface area contributed by atoms with E-state index in [0.29, 0.717) is 16.9 Å². The van der Waals surface area contributed by atoms with Crippen LogP contribution in [0.3, 0.4) is 0 Å². The first kappa shape index (κ1) is 19.6. The first-order chi connectivity index (χ1) is 13.4. The Bertz CT molecular complexity index is 974. The SMILES string of the molecule is COc1ccc(C(C)=O)cc1CC(=O)NC(c1nc2ccccc2[nH]1)C(C)C. The van der Waals surface area contributed by atoms with Gasteiger partial charge in [-0.3, -0.25) is 9.59 Å². The van der Waals surface area contributed by atoms with Crippen molar-refractivity contribution in [3.63, 3.8) is 0 Å². The van der Waals surface area contributed by atoms with E-state index in [2.05, 4.69) is 15.3 Å². The molecule has 6 heteroatoms. The normalized spacial score (nSPS) is 12.2. The lowest BCUT2D eigenvalue weighted by molar-refractivity contribution is -0.121. The molecular formula is C22H25N3O3. The number of benzene rings is 2. The number of para-hydroxylation sites is 2. The lowest BCUT2D eigenvalue weighted by atomic mass is 10.0. The minimum atomic E-state index is -0.248. The lowest BCUT2D eigenvalue weighted by Gasteiger charge is -2.21. The van der Waals surface area contributed by atoms with Gasteiger partial charge in [0.05, 0.1) is 30.6 Å². The molecule has 3 rings (SSSR count). The van der Waals surface area contributed by atoms with Gasteiger partial charge in [0, 0.05) is 11.1 Å². The van der Waals surface area contributed by atoms with Gasteiger partial charge in [-0.15, -0.1) is 0 Å². The molecule has 0 aliphatic heterocycles. The number of imidazole rings is 1. The molecule has 0 saturated heterocycles. The van der Waals surface area contributed by atoms with E-state index < -0.39 is 0 Å². The molecule has 0 radical (unpaired) electrons. The number of methoxy groups -OCH3 is 1. The number of carbonyl (C=O) groups is 2. The first-order valence-electron chi connectivity index (χ1n) is 9.31. The summed E-state index contributed by atoms with van der Waals surface area (Å²) in [5, 5.41) is 3.07. The van der Waals surface area contributed by atoms with Crippen LogP contribution in [-0.4, -0.2) is 28.8 Å². The minimum absolute atomic E-state index is 0.0494. The first-order valence-corrected chi connectivity index (χ1v) is 9.31. The van der Waals surface area contributed by atoms with Gasteiger partial charge in [0.1, 0.15) is 11.6 Å². The molecule has 1 heterocycles. The van der Waals surface area contributed by atoms with Gasteiger partial charge in [0.15, 0.2) is 5.78 Å². The zero-order valence-corrected chi connectivity index (χ0v) is 16.6. The Kier molecular flexibility index (Phi) is 5.78. The van der Waals surface area contributed by atoms with Crippen molar-refractivity contribution in [1.29, 1.82) is 0 Å². The van der Waals surface area contributed by atoms with Crippen molar-refractivity contribution < 1.29 is 14.3 Å². The lowest BCUT2D eigenvalue weighted by Crippen LogP contribution is -2.33. The van der Waals surface area contributed by atoms with Gasteiger partial charge in [-0.25, -0.2) is 4.98 Å². The van der Waals surface area contributed by atoms with Crippen LogP contribution >= 0.6 is 0 Å². The molecule has 0 fully saturated rings. The third kappa shape index (κ3) is 4.22. The molecule has 0 spiro atoms. The van der Waals surface area contributed by atoms with E-state index in [1.54, 1.807) is 25.3 Å². The number of aromatic nitrogens is 2. The van der Waals surface area contributed by atoms with E-state index in [0.717, 1.165) is 16.9 Å². The number of ether oxygens (including phenoxy) is 1. The number of rotatable bonds is 7. The van der Waals surface area contributed by atoms with Crippen molar-refractivity contribution in [3.05, 3.63) is 59.4 Å². The van der Waals surface area contributed by atoms with Gasteiger partial charge < -0.3 is 15.0 Å². The average Bonchev–Trinajstić information content (AvgIpc) is 3.09. The van der Waals surface area contributed by atoms with Crippen molar-refractivity contribution in [2.45, 2.75) is 33.2 Å². The van der Waals surface area contributed by atoms with E-state index >= 15 is 0 Å². The molecule has 28 heavy (non-hydrogen) atoms. The molecule has 1 aromatic heterocycles. The van der Waals surface area contributed by atoms with E-state index in [1.807, 2.05) is 38.1 Å². The number of hydrogen-bond donors (Lipinski definition) is 2. The number of nitrogens with zero attached hydrogens (tertiary/aromatic N) is 1. The van der Waals surface area contributed by atoms with Crippen LogP contribution in [0.15, 0.2) is 42.5 Å². The number of fused-ring (bicyclic) bond motifs is 1. The van der Waals surface area contributed by atoms with Gasteiger partial charge >= 0.3 is 0 Å². The maximum atomic E-state index is 12.8. The number of H-pyrrole nitrogens is 1. The molecule has 1 atom stereocenters. The smallest absolute Gasteiger partial charge is 0.225 e. The number of ketones is 1. The molecule has 0 saturated carbocycles. The summed E-state index contributed by atoms with van der Waals surface area (Å²) >= 11 is 0. The predicted molar refractivity (Wildman–Crippen MR) is 109 cm³/mol. The van der Waals surface area contributed by atoms with E-state index in [-0.39, 0.29) is 30.1 Å². The molecular weight excluding hydrogens is 354 g/mol. The predicted octanol–water partition coefficient (Wildman–Crippen LogP) is 3.83. The van der Waals surface area contributed by atoms with Crippen LogP contribution in [0.4, 0.5) is 0 Å². The van der Waals surface area contributed by atoms with Crippen LogP contribution < -0.4 is 10.1 Å². The second-order valence-electron chi connectivity index (χ2n) is 7.19. The van der Waals surface area contributed by atoms with Gasteiger partial charge in [-0.2, -0.15) is 0 Å². The highest BCUT2D eigenvalue weighted by Gasteiger charge is 2.22. The van der Waals surface area contributed by atoms with Crippen molar-refractivity contribution in [3.8, 4) is 5.75 Å². The van der Waals surface area contributed by atoms with Crippen LogP contribution in [0, 0.1) is 5.92 Å². The summed E-state index contributed by atoms with van der Waals surface area (Å²) in [7, 11) is 1.55. The number of nitrogens with one attached hydrogen (secondary N) is 2. The minimum Gasteiger partial charge on any atom is -0.496 e. The van der Waals surface area contributed by atoms with Crippen molar-refractivity contribution >= 4 is 22.7 Å². The van der Waals surface area contributed by atoms with Crippen LogP contribution in [0.1, 0.15) is 48.6 Å². The second kappa shape index (κ2) is 8.25. The van der Waals surface area contributed by atoms with Gasteiger partial charge in [0.25, 0.3) is 0 Å². The fourth-order valence-electron chi connectivity index (χ4n) is 3.20. The Morgan fingerprint density at radius 2 is 1.93 bits per heavy atom. The molecule has 0 aliphatic carbocycles. The maximum Gasteiger partial charge on any atom is 0.225 e. The quantitative estimate of drug-likeness (QED) is 0.611. The summed E-state index contributed by atoms with van der Waals surface area (Å²) in [5.41, 5.74) is 3.04. The molecule has 2 N–H and O–H groups in total. The molecule has 3 aromatic rings. The van der Waals surface area contributed by atoms with Crippen LogP contribution in [-0.2, 0) is 11.2 Å². The maximum absolute atomic E-state index is 12.8. The van der Waals surface area contributed by atoms with Crippen LogP contribution in [0.2, 0.25) is 0 Å². The summed E-state index contributed by atoms with van der Waals surface area (Å²) in [6, 6.07) is 12.7. The molecule has 6 nitrogen and oxygen atoms in total. The second-order valence-corrected chi connectivity index (χ2v) is 7.19. The van der Waals surface area contributed by atoms with Crippen LogP contribution in [0.25, 0.3) is 11.0 Å². The van der Waals surface area contributed by atoms with E-state index in [1.165, 1.54) is 6.92 Å². The summed E-state index contributed by atoms with van der Waals surface area (Å²) in [4.78, 5) is 32.4. The molecule has 146 valence electrons. The van der Waals surface area contributed by atoms with Gasteiger partial charge in [-0.1, -0.05) is 26.0 Å². The fraction of sp³-hybridized carbons (Fsp3) is 0.318. The summed E-state index contributed by atoms with van der Waals surface area (Å²) in [6.07, 6.45) is 0.119. The summed E-state index contributed by atoms with van der Waals surface area (Å²) < 4.78 is 5.35. The van der Waals surface area contributed by atoms with Crippen molar-refractivity contribution in [1.82, 2.24) is 15.3 Å². The van der Waals surface area contributed by atoms with Crippen LogP contribution in [0.5, 0.6) is 5.75 Å². The Morgan fingerprint density at radius 1 is 1.18 bits per heavy atom. The molecule has 0 bridgehead atoms. The number of Topliss-reactive ketones (excluding diaryl/α,β-unsaturated/α-hetero) is 1. The number of hydrogen-bond acceptors (Lipinski definition) is 4. The third-order valence-electron chi connectivity index (χ3n) is 4.72. The summed E-state index contributed by atoms with van der Waals surface area (Å²) in [6.45, 7) is 5.58. The largest absolute Gasteiger partial charge is 0.496 e. The monoisotopic (exact) mass is 379 g/mol. The number of aromatic amines is 1. The van der Waals surface area contributed by atoms with Crippen molar-refractivity contribution in [2.75, 3.05) is 7.11 Å². The average molecular weight is 379 g/mol. The Labute approximate surface area is 164 Å². The number of amides is 1. The molecule has 2 aromatic carbocycles. The zero-order chi connectivity index (χ0) is 20.3. The highest BCUT2D eigenvalue weighted by atomic mass is 16.5. The Morgan fingerprint density at radius 3 is 2.57 bits per heavy atom. The number of carbonyl (C=O) groups excluding carboxylic acids is 2. The topological polar surface area (TPSA) is 84.1 Å². The Hall–Kier alpha value is -3.15. The molecule has 1 unspecified atom stereocenters. The van der Waals surface area contributed by atoms with E-state index in [9.17, 15) is 9.59 Å². The van der Waals surface area contributed by atoms with Gasteiger partial charge in [0.2, 0.25) is 5.91 Å². The van der Waals surface area contributed by atoms with Crippen molar-refractivity contribution in [2.24, 2.45) is 5.92 Å². The summed E-state index contributed by atoms with van der Waals surface area (Å²) in [5.74, 6) is 1.26. The zero-order valence-electron chi connectivity index (χ0n) is 16.6. The van der Waals surface area contributed by atoms with E-state index in [4.69, 9.17) is 4.74 Å². The third-order valence-corrected chi connectivity index (χ3v) is 4.72. The highest BCUT2D eigenvalue weighted by molar-refractivity contribution is 5.94. The molecule has 1 amide bonds. The fourth-order valence-corrected chi connectivity index (χ4v) is 3.20. The van der Waals surface area contributed by atoms with Gasteiger partial charge in [-0.05, 0) is 43.2 Å². The standard InChI is InChI=1S/C22H25N3O3/c1-13(2)21(22-23-17-7-5-6-8-18(17)24-22)25-20(27)12-16-11-15(14(3)26)9-10-19(16)28-4/h5-11,13,21H,12H2,1-4H3,(H,23,24)(H,25,27). The molecule has 0 aliphatic rings.